The Hall–Kier alpha value is -1.84. The predicted molar refractivity (Wildman–Crippen MR) is 87.2 cm³/mol. The average Bonchev–Trinajstić information content (AvgIpc) is 2.93. The van der Waals surface area contributed by atoms with E-state index >= 15 is 0 Å². The Morgan fingerprint density at radius 3 is 2.04 bits per heavy atom. The van der Waals surface area contributed by atoms with Crippen LogP contribution >= 0.6 is 0 Å². The lowest BCUT2D eigenvalue weighted by Crippen LogP contribution is -2.34. The number of piperidine rings is 1. The Labute approximate surface area is 150 Å². The molecule has 0 aromatic carbocycles. The molecule has 2 N–H and O–H groups in total. The van der Waals surface area contributed by atoms with Gasteiger partial charge in [-0.2, -0.15) is 13.2 Å². The van der Waals surface area contributed by atoms with Crippen LogP contribution in [0.1, 0.15) is 27.2 Å². The maximum atomic E-state index is 11.8. The van der Waals surface area contributed by atoms with Crippen molar-refractivity contribution in [2.45, 2.75) is 39.5 Å². The SMILES string of the molecule is CNC(=O)C(F)(F)F.CO[C@H](C)CC(=O)N1CC2C(C1)C2(C)C.O=CO. The molecule has 1 heterocycles. The first kappa shape index (κ1) is 24.2. The molecule has 10 heteroatoms. The molecular weight excluding hydrogens is 357 g/mol. The first-order valence-electron chi connectivity index (χ1n) is 8.04. The minimum Gasteiger partial charge on any atom is -0.483 e. The van der Waals surface area contributed by atoms with Crippen molar-refractivity contribution in [2.24, 2.45) is 17.3 Å². The average molecular weight is 384 g/mol. The third-order valence-corrected chi connectivity index (χ3v) is 4.82. The van der Waals surface area contributed by atoms with Crippen molar-refractivity contribution in [3.8, 4) is 0 Å². The van der Waals surface area contributed by atoms with Gasteiger partial charge in [0.1, 0.15) is 0 Å². The highest BCUT2D eigenvalue weighted by Gasteiger charge is 2.62. The smallest absolute Gasteiger partial charge is 0.471 e. The molecule has 0 aromatic heterocycles. The molecular formula is C16H27F3N2O5. The second kappa shape index (κ2) is 9.75. The van der Waals surface area contributed by atoms with Crippen molar-refractivity contribution in [3.05, 3.63) is 0 Å². The van der Waals surface area contributed by atoms with Crippen LogP contribution in [0, 0.1) is 17.3 Å². The quantitative estimate of drug-likeness (QED) is 0.720. The zero-order chi connectivity index (χ0) is 20.7. The van der Waals surface area contributed by atoms with Gasteiger partial charge in [0.25, 0.3) is 6.47 Å². The molecule has 2 unspecified atom stereocenters. The van der Waals surface area contributed by atoms with Gasteiger partial charge in [-0.3, -0.25) is 14.4 Å². The number of nitrogens with zero attached hydrogens (tertiary/aromatic N) is 1. The van der Waals surface area contributed by atoms with E-state index in [0.717, 1.165) is 32.0 Å². The van der Waals surface area contributed by atoms with Crippen molar-refractivity contribution in [1.29, 1.82) is 0 Å². The summed E-state index contributed by atoms with van der Waals surface area (Å²) in [6.45, 7) is 8.24. The number of methoxy groups -OCH3 is 1. The van der Waals surface area contributed by atoms with Gasteiger partial charge < -0.3 is 20.1 Å². The number of ether oxygens (including phenoxy) is 1. The van der Waals surface area contributed by atoms with Crippen molar-refractivity contribution in [2.75, 3.05) is 27.2 Å². The van der Waals surface area contributed by atoms with Gasteiger partial charge in [-0.25, -0.2) is 0 Å². The van der Waals surface area contributed by atoms with Crippen LogP contribution in [0.2, 0.25) is 0 Å². The van der Waals surface area contributed by atoms with Gasteiger partial charge in [0.05, 0.1) is 12.5 Å². The fourth-order valence-corrected chi connectivity index (χ4v) is 2.94. The molecule has 1 saturated heterocycles. The fraction of sp³-hybridized carbons (Fsp3) is 0.812. The number of hydrogen-bond donors (Lipinski definition) is 2. The molecule has 0 aromatic rings. The summed E-state index contributed by atoms with van der Waals surface area (Å²) in [5.41, 5.74) is 0.490. The summed E-state index contributed by atoms with van der Waals surface area (Å²) in [6, 6.07) is 0. The van der Waals surface area contributed by atoms with Crippen LogP contribution in [0.25, 0.3) is 0 Å². The van der Waals surface area contributed by atoms with Gasteiger partial charge >= 0.3 is 12.1 Å². The van der Waals surface area contributed by atoms with Gasteiger partial charge in [0.2, 0.25) is 5.91 Å². The number of carbonyl (C=O) groups is 3. The van der Waals surface area contributed by atoms with Crippen LogP contribution in [-0.2, 0) is 19.1 Å². The van der Waals surface area contributed by atoms with Gasteiger partial charge in [0.15, 0.2) is 0 Å². The van der Waals surface area contributed by atoms with E-state index in [-0.39, 0.29) is 18.5 Å². The maximum absolute atomic E-state index is 11.8. The topological polar surface area (TPSA) is 95.9 Å². The standard InChI is InChI=1S/C12H21NO2.C3H4F3NO.CH2O2/c1-8(15-4)5-11(14)13-6-9-10(7-13)12(9,2)3;1-7-2(8)3(4,5)6;2-1-3/h8-10H,5-7H2,1-4H3;1H3,(H,7,8);1H,(H,2,3)/t8-,9?,10?;;/m1../s1. The van der Waals surface area contributed by atoms with Crippen molar-refractivity contribution < 1.29 is 37.4 Å². The highest BCUT2D eigenvalue weighted by molar-refractivity contribution is 5.81. The Morgan fingerprint density at radius 1 is 1.35 bits per heavy atom. The molecule has 1 saturated carbocycles. The molecule has 3 atom stereocenters. The molecule has 1 aliphatic carbocycles. The van der Waals surface area contributed by atoms with Gasteiger partial charge in [0, 0.05) is 27.2 Å². The minimum absolute atomic E-state index is 0.0439. The van der Waals surface area contributed by atoms with Crippen LogP contribution in [0.4, 0.5) is 13.2 Å². The Balaban J connectivity index is 0.000000483. The van der Waals surface area contributed by atoms with Crippen molar-refractivity contribution in [3.63, 3.8) is 0 Å². The summed E-state index contributed by atoms with van der Waals surface area (Å²) < 4.78 is 38.2. The van der Waals surface area contributed by atoms with E-state index < -0.39 is 12.1 Å². The summed E-state index contributed by atoms with van der Waals surface area (Å²) in [7, 11) is 2.58. The lowest BCUT2D eigenvalue weighted by molar-refractivity contribution is -0.172. The largest absolute Gasteiger partial charge is 0.483 e. The molecule has 152 valence electrons. The van der Waals surface area contributed by atoms with Crippen molar-refractivity contribution >= 4 is 18.3 Å². The summed E-state index contributed by atoms with van der Waals surface area (Å²) >= 11 is 0. The third-order valence-electron chi connectivity index (χ3n) is 4.82. The Morgan fingerprint density at radius 2 is 1.77 bits per heavy atom. The minimum atomic E-state index is -4.74. The molecule has 0 bridgehead atoms. The number of likely N-dealkylation sites (tertiary alicyclic amines) is 1. The molecule has 1 aliphatic heterocycles. The molecule has 2 aliphatic rings. The number of fused-ring (bicyclic) bond motifs is 1. The van der Waals surface area contributed by atoms with Gasteiger partial charge in [-0.15, -0.1) is 0 Å². The van der Waals surface area contributed by atoms with Crippen molar-refractivity contribution in [1.82, 2.24) is 10.2 Å². The van der Waals surface area contributed by atoms with E-state index in [2.05, 4.69) is 13.8 Å². The van der Waals surface area contributed by atoms with E-state index in [1.807, 2.05) is 11.8 Å². The second-order valence-electron chi connectivity index (χ2n) is 6.77. The zero-order valence-electron chi connectivity index (χ0n) is 15.6. The number of alkyl halides is 3. The number of carbonyl (C=O) groups excluding carboxylic acids is 2. The number of amides is 2. The first-order valence-corrected chi connectivity index (χ1v) is 8.04. The molecule has 7 nitrogen and oxygen atoms in total. The van der Waals surface area contributed by atoms with Crippen LogP contribution in [0.3, 0.4) is 0 Å². The molecule has 26 heavy (non-hydrogen) atoms. The summed E-state index contributed by atoms with van der Waals surface area (Å²) in [6.07, 6.45) is -4.17. The number of halogens is 3. The van der Waals surface area contributed by atoms with E-state index in [9.17, 15) is 22.8 Å². The molecule has 2 fully saturated rings. The van der Waals surface area contributed by atoms with Crippen LogP contribution < -0.4 is 5.32 Å². The molecule has 0 spiro atoms. The number of rotatable bonds is 3. The van der Waals surface area contributed by atoms with Crippen LogP contribution in [-0.4, -0.2) is 67.8 Å². The van der Waals surface area contributed by atoms with E-state index in [0.29, 0.717) is 11.8 Å². The summed E-state index contributed by atoms with van der Waals surface area (Å²) in [4.78, 5) is 31.8. The maximum Gasteiger partial charge on any atom is 0.471 e. The first-order chi connectivity index (χ1) is 11.9. The zero-order valence-corrected chi connectivity index (χ0v) is 15.6. The van der Waals surface area contributed by atoms with E-state index in [1.165, 1.54) is 5.32 Å². The fourth-order valence-electron chi connectivity index (χ4n) is 2.94. The molecule has 2 rings (SSSR count). The predicted octanol–water partition coefficient (Wildman–Crippen LogP) is 1.52. The number of hydrogen-bond acceptors (Lipinski definition) is 4. The lowest BCUT2D eigenvalue weighted by Gasteiger charge is -2.23. The Bertz CT molecular complexity index is 483. The number of nitrogens with one attached hydrogen (secondary N) is 1. The highest BCUT2D eigenvalue weighted by atomic mass is 19.4. The van der Waals surface area contributed by atoms with Crippen LogP contribution in [0.5, 0.6) is 0 Å². The van der Waals surface area contributed by atoms with Gasteiger partial charge in [-0.1, -0.05) is 13.8 Å². The molecule has 0 radical (unpaired) electrons. The second-order valence-corrected chi connectivity index (χ2v) is 6.77. The third kappa shape index (κ3) is 6.81. The number of carboxylic acid groups (broad SMARTS) is 1. The van der Waals surface area contributed by atoms with Gasteiger partial charge in [-0.05, 0) is 24.2 Å². The normalized spacial score (nSPS) is 23.3. The summed E-state index contributed by atoms with van der Waals surface area (Å²) in [5, 5.41) is 8.33. The Kier molecular flexibility index (Phi) is 9.06. The monoisotopic (exact) mass is 384 g/mol. The van der Waals surface area contributed by atoms with Crippen LogP contribution in [0.15, 0.2) is 0 Å². The van der Waals surface area contributed by atoms with E-state index in [4.69, 9.17) is 14.6 Å². The van der Waals surface area contributed by atoms with E-state index in [1.54, 1.807) is 7.11 Å². The summed E-state index contributed by atoms with van der Waals surface area (Å²) in [5.74, 6) is -0.163. The molecule has 2 amide bonds. The lowest BCUT2D eigenvalue weighted by atomic mass is 10.1. The highest BCUT2D eigenvalue weighted by Crippen LogP contribution is 2.61.